The van der Waals surface area contributed by atoms with Crippen molar-refractivity contribution < 1.29 is 9.90 Å². The third-order valence-corrected chi connectivity index (χ3v) is 2.67. The maximum atomic E-state index is 11.0. The van der Waals surface area contributed by atoms with Gasteiger partial charge in [0.15, 0.2) is 0 Å². The van der Waals surface area contributed by atoms with E-state index >= 15 is 0 Å². The molecular formula is C12H11ClN2O2. The summed E-state index contributed by atoms with van der Waals surface area (Å²) in [6.07, 6.45) is 1.55. The van der Waals surface area contributed by atoms with Gasteiger partial charge in [-0.05, 0) is 18.2 Å². The number of carboxylic acids is 1. The molecule has 17 heavy (non-hydrogen) atoms. The Bertz CT molecular complexity index is 596. The first kappa shape index (κ1) is 11.7. The Morgan fingerprint density at radius 1 is 1.35 bits per heavy atom. The third kappa shape index (κ3) is 2.17. The molecule has 5 heteroatoms. The number of hydrogen-bond acceptors (Lipinski definition) is 3. The van der Waals surface area contributed by atoms with Gasteiger partial charge in [-0.25, -0.2) is 4.79 Å². The number of rotatable bonds is 2. The molecule has 0 saturated heterocycles. The van der Waals surface area contributed by atoms with Crippen molar-refractivity contribution in [2.24, 2.45) is 0 Å². The van der Waals surface area contributed by atoms with Crippen LogP contribution in [-0.4, -0.2) is 30.2 Å². The highest BCUT2D eigenvalue weighted by Crippen LogP contribution is 2.27. The molecule has 2 rings (SSSR count). The molecule has 1 heterocycles. The lowest BCUT2D eigenvalue weighted by Gasteiger charge is -2.15. The van der Waals surface area contributed by atoms with E-state index < -0.39 is 5.97 Å². The van der Waals surface area contributed by atoms with Crippen molar-refractivity contribution in [1.82, 2.24) is 4.98 Å². The Labute approximate surface area is 103 Å². The molecule has 0 fully saturated rings. The summed E-state index contributed by atoms with van der Waals surface area (Å²) in [5.74, 6) is -0.963. The molecule has 0 aliphatic carbocycles. The van der Waals surface area contributed by atoms with Crippen molar-refractivity contribution in [3.05, 3.63) is 35.0 Å². The van der Waals surface area contributed by atoms with Crippen molar-refractivity contribution in [2.75, 3.05) is 19.0 Å². The van der Waals surface area contributed by atoms with Gasteiger partial charge >= 0.3 is 5.97 Å². The second-order valence-electron chi connectivity index (χ2n) is 3.92. The predicted molar refractivity (Wildman–Crippen MR) is 68.0 cm³/mol. The molecule has 0 spiro atoms. The fraction of sp³-hybridized carbons (Fsp3) is 0.167. The first-order valence-corrected chi connectivity index (χ1v) is 5.37. The van der Waals surface area contributed by atoms with Gasteiger partial charge in [-0.1, -0.05) is 11.6 Å². The molecule has 1 N–H and O–H groups in total. The highest BCUT2D eigenvalue weighted by molar-refractivity contribution is 6.31. The monoisotopic (exact) mass is 250 g/mol. The number of halogens is 1. The molecule has 0 unspecified atom stereocenters. The minimum Gasteiger partial charge on any atom is -0.478 e. The number of anilines is 1. The lowest BCUT2D eigenvalue weighted by molar-refractivity contribution is 0.0697. The zero-order chi connectivity index (χ0) is 12.6. The van der Waals surface area contributed by atoms with Gasteiger partial charge in [0.1, 0.15) is 0 Å². The van der Waals surface area contributed by atoms with Gasteiger partial charge in [-0.3, -0.25) is 4.98 Å². The minimum atomic E-state index is -0.963. The topological polar surface area (TPSA) is 53.4 Å². The maximum absolute atomic E-state index is 11.0. The Kier molecular flexibility index (Phi) is 2.90. The van der Waals surface area contributed by atoms with Crippen molar-refractivity contribution in [1.29, 1.82) is 0 Å². The van der Waals surface area contributed by atoms with Crippen LogP contribution >= 0.6 is 11.6 Å². The van der Waals surface area contributed by atoms with E-state index in [2.05, 4.69) is 4.98 Å². The summed E-state index contributed by atoms with van der Waals surface area (Å²) in [6.45, 7) is 0. The number of carbonyl (C=O) groups is 1. The molecule has 0 atom stereocenters. The molecule has 0 amide bonds. The summed E-state index contributed by atoms with van der Waals surface area (Å²) in [6, 6.07) is 4.89. The molecule has 0 aliphatic rings. The Morgan fingerprint density at radius 2 is 2.06 bits per heavy atom. The average molecular weight is 251 g/mol. The number of pyridine rings is 1. The normalized spacial score (nSPS) is 10.5. The van der Waals surface area contributed by atoms with E-state index in [1.807, 2.05) is 19.0 Å². The SMILES string of the molecule is CN(C)c1cc(C(=O)O)cc2cc(Cl)cnc12. The fourth-order valence-electron chi connectivity index (χ4n) is 1.67. The van der Waals surface area contributed by atoms with Crippen molar-refractivity contribution in [3.8, 4) is 0 Å². The molecule has 1 aromatic carbocycles. The van der Waals surface area contributed by atoms with Gasteiger partial charge in [0.2, 0.25) is 0 Å². The van der Waals surface area contributed by atoms with Crippen molar-refractivity contribution >= 4 is 34.2 Å². The van der Waals surface area contributed by atoms with Crippen LogP contribution in [0.15, 0.2) is 24.4 Å². The van der Waals surface area contributed by atoms with Crippen LogP contribution in [0.25, 0.3) is 10.9 Å². The standard InChI is InChI=1S/C12H11ClN2O2/c1-15(2)10-5-8(12(16)17)3-7-4-9(13)6-14-11(7)10/h3-6H,1-2H3,(H,16,17). The molecule has 2 aromatic rings. The van der Waals surface area contributed by atoms with E-state index in [0.717, 1.165) is 16.6 Å². The summed E-state index contributed by atoms with van der Waals surface area (Å²) >= 11 is 5.86. The quantitative estimate of drug-likeness (QED) is 0.890. The first-order valence-electron chi connectivity index (χ1n) is 4.99. The Hall–Kier alpha value is -1.81. The van der Waals surface area contributed by atoms with Crippen LogP contribution in [0.3, 0.4) is 0 Å². The second kappa shape index (κ2) is 4.22. The van der Waals surface area contributed by atoms with E-state index in [1.54, 1.807) is 24.4 Å². The summed E-state index contributed by atoms with van der Waals surface area (Å²) in [5, 5.41) is 10.3. The van der Waals surface area contributed by atoms with Gasteiger partial charge in [0.05, 0.1) is 21.8 Å². The Morgan fingerprint density at radius 3 is 2.65 bits per heavy atom. The van der Waals surface area contributed by atoms with Gasteiger partial charge in [-0.2, -0.15) is 0 Å². The molecule has 0 radical (unpaired) electrons. The summed E-state index contributed by atoms with van der Waals surface area (Å²) in [4.78, 5) is 17.1. The number of benzene rings is 1. The number of carboxylic acid groups (broad SMARTS) is 1. The number of nitrogens with zero attached hydrogens (tertiary/aromatic N) is 2. The lowest BCUT2D eigenvalue weighted by Crippen LogP contribution is -2.11. The van der Waals surface area contributed by atoms with Gasteiger partial charge in [0.25, 0.3) is 0 Å². The van der Waals surface area contributed by atoms with Gasteiger partial charge in [-0.15, -0.1) is 0 Å². The van der Waals surface area contributed by atoms with Crippen molar-refractivity contribution in [3.63, 3.8) is 0 Å². The number of hydrogen-bond donors (Lipinski definition) is 1. The zero-order valence-electron chi connectivity index (χ0n) is 9.44. The van der Waals surface area contributed by atoms with Crippen molar-refractivity contribution in [2.45, 2.75) is 0 Å². The van der Waals surface area contributed by atoms with E-state index in [-0.39, 0.29) is 5.56 Å². The highest BCUT2D eigenvalue weighted by Gasteiger charge is 2.11. The second-order valence-corrected chi connectivity index (χ2v) is 4.36. The molecule has 0 aliphatic heterocycles. The third-order valence-electron chi connectivity index (χ3n) is 2.46. The minimum absolute atomic E-state index is 0.227. The smallest absolute Gasteiger partial charge is 0.335 e. The van der Waals surface area contributed by atoms with E-state index in [0.29, 0.717) is 5.02 Å². The van der Waals surface area contributed by atoms with Crippen LogP contribution in [0.2, 0.25) is 5.02 Å². The zero-order valence-corrected chi connectivity index (χ0v) is 10.2. The lowest BCUT2D eigenvalue weighted by atomic mass is 10.1. The molecule has 1 aromatic heterocycles. The van der Waals surface area contributed by atoms with E-state index in [9.17, 15) is 4.79 Å². The summed E-state index contributed by atoms with van der Waals surface area (Å²) < 4.78 is 0. The highest BCUT2D eigenvalue weighted by atomic mass is 35.5. The van der Waals surface area contributed by atoms with Crippen LogP contribution in [0, 0.1) is 0 Å². The molecule has 88 valence electrons. The molecular weight excluding hydrogens is 240 g/mol. The maximum Gasteiger partial charge on any atom is 0.335 e. The van der Waals surface area contributed by atoms with Gasteiger partial charge in [0, 0.05) is 25.7 Å². The molecule has 4 nitrogen and oxygen atoms in total. The number of aromatic nitrogens is 1. The van der Waals surface area contributed by atoms with Crippen LogP contribution in [0.4, 0.5) is 5.69 Å². The predicted octanol–water partition coefficient (Wildman–Crippen LogP) is 2.65. The van der Waals surface area contributed by atoms with Crippen LogP contribution < -0.4 is 4.90 Å². The molecule has 0 bridgehead atoms. The van der Waals surface area contributed by atoms with E-state index in [1.165, 1.54) is 0 Å². The van der Waals surface area contributed by atoms with E-state index in [4.69, 9.17) is 16.7 Å². The van der Waals surface area contributed by atoms with Crippen LogP contribution in [0.5, 0.6) is 0 Å². The summed E-state index contributed by atoms with van der Waals surface area (Å²) in [5.41, 5.74) is 1.73. The Balaban J connectivity index is 2.81. The van der Waals surface area contributed by atoms with Crippen LogP contribution in [-0.2, 0) is 0 Å². The number of aromatic carboxylic acids is 1. The summed E-state index contributed by atoms with van der Waals surface area (Å²) in [7, 11) is 3.69. The fourth-order valence-corrected chi connectivity index (χ4v) is 1.83. The van der Waals surface area contributed by atoms with Crippen LogP contribution in [0.1, 0.15) is 10.4 Å². The molecule has 0 saturated carbocycles. The largest absolute Gasteiger partial charge is 0.478 e. The average Bonchev–Trinajstić information content (AvgIpc) is 2.26. The first-order chi connectivity index (χ1) is 7.99. The number of fused-ring (bicyclic) bond motifs is 1. The van der Waals surface area contributed by atoms with Gasteiger partial charge < -0.3 is 10.0 Å².